The van der Waals surface area contributed by atoms with Crippen LogP contribution < -0.4 is 15.1 Å². The van der Waals surface area contributed by atoms with Gasteiger partial charge in [0.2, 0.25) is 5.91 Å². The minimum Gasteiger partial charge on any atom is -0.327 e. The summed E-state index contributed by atoms with van der Waals surface area (Å²) in [5.74, 6) is -0.281. The molecule has 3 fully saturated rings. The van der Waals surface area contributed by atoms with Crippen molar-refractivity contribution < 1.29 is 14.4 Å². The van der Waals surface area contributed by atoms with E-state index in [0.29, 0.717) is 17.3 Å². The number of carbonyl (C=O) groups is 3. The van der Waals surface area contributed by atoms with Crippen molar-refractivity contribution in [1.29, 1.82) is 0 Å². The number of nitrogens with one attached hydrogen (secondary N) is 1. The van der Waals surface area contributed by atoms with Gasteiger partial charge in [0.25, 0.3) is 0 Å². The van der Waals surface area contributed by atoms with Crippen LogP contribution in [0.25, 0.3) is 11.1 Å². The van der Waals surface area contributed by atoms with E-state index >= 15 is 0 Å². The Morgan fingerprint density at radius 3 is 2.38 bits per heavy atom. The molecular weight excluding hydrogens is 428 g/mol. The third kappa shape index (κ3) is 3.32. The first-order valence-electron chi connectivity index (χ1n) is 11.0. The largest absolute Gasteiger partial charge is 0.328 e. The Morgan fingerprint density at radius 1 is 0.969 bits per heavy atom. The van der Waals surface area contributed by atoms with Crippen molar-refractivity contribution in [2.24, 2.45) is 0 Å². The minimum atomic E-state index is -0.464. The zero-order valence-corrected chi connectivity index (χ0v) is 18.7. The van der Waals surface area contributed by atoms with Crippen LogP contribution in [-0.4, -0.2) is 48.5 Å². The predicted molar refractivity (Wildman–Crippen MR) is 124 cm³/mol. The van der Waals surface area contributed by atoms with E-state index in [1.165, 1.54) is 4.90 Å². The van der Waals surface area contributed by atoms with Crippen LogP contribution in [0.2, 0.25) is 5.02 Å². The van der Waals surface area contributed by atoms with Crippen LogP contribution in [0, 0.1) is 0 Å². The van der Waals surface area contributed by atoms with Crippen molar-refractivity contribution in [3.05, 3.63) is 47.5 Å². The molecule has 1 spiro atoms. The van der Waals surface area contributed by atoms with Gasteiger partial charge in [0.15, 0.2) is 0 Å². The van der Waals surface area contributed by atoms with Crippen LogP contribution in [0.5, 0.6) is 0 Å². The number of urea groups is 2. The molecule has 7 nitrogen and oxygen atoms in total. The maximum atomic E-state index is 13.0. The van der Waals surface area contributed by atoms with E-state index in [-0.39, 0.29) is 23.9 Å². The Kier molecular flexibility index (Phi) is 5.08. The summed E-state index contributed by atoms with van der Waals surface area (Å²) in [6.45, 7) is 1.09. The monoisotopic (exact) mass is 452 g/mol. The number of halogens is 1. The lowest BCUT2D eigenvalue weighted by Crippen LogP contribution is -2.64. The molecule has 2 saturated heterocycles. The van der Waals surface area contributed by atoms with Gasteiger partial charge in [0.05, 0.1) is 16.2 Å². The third-order valence-electron chi connectivity index (χ3n) is 6.95. The molecule has 0 bridgehead atoms. The molecule has 2 heterocycles. The smallest absolute Gasteiger partial charge is 0.327 e. The van der Waals surface area contributed by atoms with E-state index in [4.69, 9.17) is 11.6 Å². The number of imide groups is 1. The lowest BCUT2D eigenvalue weighted by Gasteiger charge is -2.54. The summed E-state index contributed by atoms with van der Waals surface area (Å²) in [4.78, 5) is 42.0. The maximum absolute atomic E-state index is 13.0. The molecule has 0 aromatic heterocycles. The summed E-state index contributed by atoms with van der Waals surface area (Å²) in [6, 6.07) is 13.0. The number of anilines is 2. The fourth-order valence-corrected chi connectivity index (χ4v) is 5.27. The molecule has 2 aliphatic heterocycles. The van der Waals surface area contributed by atoms with Crippen molar-refractivity contribution in [1.82, 2.24) is 10.2 Å². The van der Waals surface area contributed by atoms with Crippen LogP contribution in [-0.2, 0) is 4.79 Å². The van der Waals surface area contributed by atoms with Crippen LogP contribution in [0.15, 0.2) is 42.5 Å². The fraction of sp³-hybridized carbons (Fsp3) is 0.375. The van der Waals surface area contributed by atoms with Gasteiger partial charge in [-0.2, -0.15) is 0 Å². The summed E-state index contributed by atoms with van der Waals surface area (Å²) < 4.78 is 0. The molecule has 1 saturated carbocycles. The van der Waals surface area contributed by atoms with Crippen molar-refractivity contribution >= 4 is 40.9 Å². The maximum Gasteiger partial charge on any atom is 0.328 e. The molecule has 8 heteroatoms. The van der Waals surface area contributed by atoms with Gasteiger partial charge in [-0.1, -0.05) is 35.9 Å². The molecule has 2 aromatic rings. The highest BCUT2D eigenvalue weighted by Crippen LogP contribution is 2.46. The molecule has 1 N–H and O–H groups in total. The Hall–Kier alpha value is -3.06. The summed E-state index contributed by atoms with van der Waals surface area (Å²) >= 11 is 6.71. The average molecular weight is 453 g/mol. The Labute approximate surface area is 191 Å². The van der Waals surface area contributed by atoms with Gasteiger partial charge in [-0.25, -0.2) is 9.59 Å². The highest BCUT2D eigenvalue weighted by molar-refractivity contribution is 6.36. The molecule has 0 atom stereocenters. The first-order valence-corrected chi connectivity index (χ1v) is 11.3. The topological polar surface area (TPSA) is 73.0 Å². The lowest BCUT2D eigenvalue weighted by molar-refractivity contribution is -0.120. The van der Waals surface area contributed by atoms with Crippen LogP contribution in [0.1, 0.15) is 32.1 Å². The van der Waals surface area contributed by atoms with Crippen LogP contribution >= 0.6 is 11.6 Å². The van der Waals surface area contributed by atoms with Crippen LogP contribution in [0.3, 0.4) is 0 Å². The molecular formula is C24H25ClN4O3. The van der Waals surface area contributed by atoms with Gasteiger partial charge in [0, 0.05) is 37.8 Å². The zero-order chi connectivity index (χ0) is 22.5. The van der Waals surface area contributed by atoms with Crippen molar-refractivity contribution in [3.63, 3.8) is 0 Å². The SMILES string of the molecule is CN1CCC2(CCC2)N(c2ccc(-c3cccc(N4CCC(=O)NC4=O)c3Cl)cc2)C1=O. The standard InChI is InChI=1S/C24H25ClN4O3/c1-27-15-13-24(11-3-12-24)29(23(27)32)17-8-6-16(7-9-17)18-4-2-5-19(21(18)25)28-14-10-20(30)26-22(28)31/h2,4-9H,3,10-15H2,1H3,(H,26,30,31). The molecule has 5 amide bonds. The fourth-order valence-electron chi connectivity index (χ4n) is 4.93. The Balaban J connectivity index is 1.45. The quantitative estimate of drug-likeness (QED) is 0.737. The van der Waals surface area contributed by atoms with Gasteiger partial charge in [-0.15, -0.1) is 0 Å². The number of hydrogen-bond donors (Lipinski definition) is 1. The zero-order valence-electron chi connectivity index (χ0n) is 17.9. The number of amides is 5. The first-order chi connectivity index (χ1) is 15.4. The van der Waals surface area contributed by atoms with Crippen molar-refractivity contribution in [3.8, 4) is 11.1 Å². The summed E-state index contributed by atoms with van der Waals surface area (Å²) in [5, 5.41) is 2.79. The molecule has 0 unspecified atom stereocenters. The molecule has 1 aliphatic carbocycles. The average Bonchev–Trinajstić information content (AvgIpc) is 2.75. The second-order valence-electron chi connectivity index (χ2n) is 8.81. The molecule has 5 rings (SSSR count). The Morgan fingerprint density at radius 2 is 1.72 bits per heavy atom. The molecule has 32 heavy (non-hydrogen) atoms. The molecule has 166 valence electrons. The molecule has 3 aliphatic rings. The second-order valence-corrected chi connectivity index (χ2v) is 9.19. The summed E-state index contributed by atoms with van der Waals surface area (Å²) in [5.41, 5.74) is 3.10. The number of carbonyl (C=O) groups excluding carboxylic acids is 3. The first kappa shape index (κ1) is 20.8. The molecule has 0 radical (unpaired) electrons. The van der Waals surface area contributed by atoms with Crippen molar-refractivity contribution in [2.75, 3.05) is 29.9 Å². The minimum absolute atomic E-state index is 0.0504. The highest BCUT2D eigenvalue weighted by atomic mass is 35.5. The number of benzene rings is 2. The van der Waals surface area contributed by atoms with E-state index in [1.807, 2.05) is 48.3 Å². The number of rotatable bonds is 3. The van der Waals surface area contributed by atoms with Gasteiger partial charge < -0.3 is 4.90 Å². The van der Waals surface area contributed by atoms with Gasteiger partial charge in [-0.3, -0.25) is 19.9 Å². The van der Waals surface area contributed by atoms with Gasteiger partial charge in [-0.05, 0) is 49.4 Å². The highest BCUT2D eigenvalue weighted by Gasteiger charge is 2.49. The normalized spacial score (nSPS) is 20.4. The van der Waals surface area contributed by atoms with Crippen molar-refractivity contribution in [2.45, 2.75) is 37.6 Å². The number of nitrogens with zero attached hydrogens (tertiary/aromatic N) is 3. The van der Waals surface area contributed by atoms with E-state index in [9.17, 15) is 14.4 Å². The molecule has 2 aromatic carbocycles. The van der Waals surface area contributed by atoms with Gasteiger partial charge in [0.1, 0.15) is 0 Å². The summed E-state index contributed by atoms with van der Waals surface area (Å²) in [7, 11) is 1.85. The van der Waals surface area contributed by atoms with Gasteiger partial charge >= 0.3 is 12.1 Å². The second kappa shape index (κ2) is 7.81. The van der Waals surface area contributed by atoms with E-state index in [0.717, 1.165) is 49.0 Å². The van der Waals surface area contributed by atoms with E-state index < -0.39 is 6.03 Å². The summed E-state index contributed by atoms with van der Waals surface area (Å²) in [6.07, 6.45) is 4.47. The predicted octanol–water partition coefficient (Wildman–Crippen LogP) is 4.64. The lowest BCUT2D eigenvalue weighted by atomic mass is 9.71. The van der Waals surface area contributed by atoms with Crippen LogP contribution in [0.4, 0.5) is 21.0 Å². The number of hydrogen-bond acceptors (Lipinski definition) is 3. The Bertz CT molecular complexity index is 1100. The van der Waals surface area contributed by atoms with E-state index in [2.05, 4.69) is 5.32 Å². The third-order valence-corrected chi connectivity index (χ3v) is 7.35. The van der Waals surface area contributed by atoms with E-state index in [1.54, 1.807) is 11.0 Å².